The van der Waals surface area contributed by atoms with Crippen molar-refractivity contribution < 1.29 is 28.7 Å². The van der Waals surface area contributed by atoms with Crippen LogP contribution in [0, 0.1) is 24.0 Å². The van der Waals surface area contributed by atoms with Crippen LogP contribution < -0.4 is 19.6 Å². The van der Waals surface area contributed by atoms with Crippen molar-refractivity contribution in [3.8, 4) is 17.2 Å². The van der Waals surface area contributed by atoms with E-state index < -0.39 is 16.8 Å². The van der Waals surface area contributed by atoms with E-state index in [4.69, 9.17) is 14.2 Å². The van der Waals surface area contributed by atoms with Gasteiger partial charge in [0, 0.05) is 12.1 Å². The van der Waals surface area contributed by atoms with Gasteiger partial charge in [-0.15, -0.1) is 0 Å². The number of benzene rings is 3. The third-order valence-corrected chi connectivity index (χ3v) is 5.02. The van der Waals surface area contributed by atoms with Crippen molar-refractivity contribution in [2.24, 2.45) is 5.10 Å². The first kappa shape index (κ1) is 24.9. The third-order valence-electron chi connectivity index (χ3n) is 5.02. The van der Waals surface area contributed by atoms with Gasteiger partial charge in [-0.2, -0.15) is 5.10 Å². The van der Waals surface area contributed by atoms with Crippen molar-refractivity contribution >= 4 is 23.8 Å². The molecule has 0 aromatic heterocycles. The third kappa shape index (κ3) is 6.64. The average molecular weight is 477 g/mol. The molecule has 0 aliphatic carbocycles. The second-order valence-electron chi connectivity index (χ2n) is 7.38. The van der Waals surface area contributed by atoms with Gasteiger partial charge in [-0.1, -0.05) is 12.1 Å². The highest BCUT2D eigenvalue weighted by Gasteiger charge is 2.14. The summed E-state index contributed by atoms with van der Waals surface area (Å²) in [6.45, 7) is 3.69. The molecule has 3 aromatic rings. The van der Waals surface area contributed by atoms with Crippen molar-refractivity contribution in [1.29, 1.82) is 0 Å². The Morgan fingerprint density at radius 2 is 1.77 bits per heavy atom. The molecule has 0 aliphatic rings. The van der Waals surface area contributed by atoms with Crippen LogP contribution in [0.2, 0.25) is 0 Å². The molecule has 0 saturated heterocycles. The first-order valence-electron chi connectivity index (χ1n) is 10.4. The summed E-state index contributed by atoms with van der Waals surface area (Å²) in [4.78, 5) is 34.6. The highest BCUT2D eigenvalue weighted by atomic mass is 16.6. The lowest BCUT2D eigenvalue weighted by atomic mass is 10.1. The van der Waals surface area contributed by atoms with Gasteiger partial charge in [0.25, 0.3) is 11.6 Å². The minimum atomic E-state index is -0.698. The Morgan fingerprint density at radius 1 is 1.03 bits per heavy atom. The smallest absolute Gasteiger partial charge is 0.343 e. The maximum atomic E-state index is 12.4. The fraction of sp³-hybridized carbons (Fsp3) is 0.160. The van der Waals surface area contributed by atoms with Crippen molar-refractivity contribution in [1.82, 2.24) is 5.43 Å². The van der Waals surface area contributed by atoms with E-state index in [9.17, 15) is 19.7 Å². The quantitative estimate of drug-likeness (QED) is 0.162. The van der Waals surface area contributed by atoms with Crippen molar-refractivity contribution in [2.45, 2.75) is 13.8 Å². The zero-order valence-electron chi connectivity index (χ0n) is 19.3. The molecule has 0 atom stereocenters. The van der Waals surface area contributed by atoms with Gasteiger partial charge in [0.05, 0.1) is 23.8 Å². The van der Waals surface area contributed by atoms with Gasteiger partial charge < -0.3 is 14.2 Å². The van der Waals surface area contributed by atoms with Gasteiger partial charge in [-0.25, -0.2) is 10.2 Å². The molecule has 3 aromatic carbocycles. The highest BCUT2D eigenvalue weighted by Crippen LogP contribution is 2.28. The van der Waals surface area contributed by atoms with Gasteiger partial charge in [-0.3, -0.25) is 14.9 Å². The average Bonchev–Trinajstić information content (AvgIpc) is 2.85. The molecule has 0 heterocycles. The minimum absolute atomic E-state index is 0.133. The predicted molar refractivity (Wildman–Crippen MR) is 128 cm³/mol. The number of nitro benzene ring substituents is 1. The Kier molecular flexibility index (Phi) is 8.12. The van der Waals surface area contributed by atoms with Crippen molar-refractivity contribution in [2.75, 3.05) is 13.7 Å². The maximum Gasteiger partial charge on any atom is 0.343 e. The molecule has 0 spiro atoms. The fourth-order valence-corrected chi connectivity index (χ4v) is 2.96. The van der Waals surface area contributed by atoms with E-state index in [0.717, 1.165) is 11.1 Å². The van der Waals surface area contributed by atoms with Gasteiger partial charge in [0.2, 0.25) is 0 Å². The van der Waals surface area contributed by atoms with Crippen LogP contribution in [-0.4, -0.2) is 36.7 Å². The fourth-order valence-electron chi connectivity index (χ4n) is 2.96. The van der Waals surface area contributed by atoms with Crippen molar-refractivity contribution in [3.05, 3.63) is 93.0 Å². The molecule has 180 valence electrons. The molecule has 10 heteroatoms. The van der Waals surface area contributed by atoms with Crippen LogP contribution in [0.3, 0.4) is 0 Å². The number of esters is 1. The lowest BCUT2D eigenvalue weighted by molar-refractivity contribution is -0.384. The number of nitrogens with one attached hydrogen (secondary N) is 1. The number of rotatable bonds is 9. The van der Waals surface area contributed by atoms with Crippen LogP contribution in [-0.2, 0) is 4.79 Å². The summed E-state index contributed by atoms with van der Waals surface area (Å²) >= 11 is 0. The first-order chi connectivity index (χ1) is 16.8. The monoisotopic (exact) mass is 477 g/mol. The molecule has 1 amide bonds. The number of nitrogens with zero attached hydrogens (tertiary/aromatic N) is 2. The number of ether oxygens (including phenoxy) is 3. The molecule has 0 saturated carbocycles. The van der Waals surface area contributed by atoms with Gasteiger partial charge in [0.15, 0.2) is 18.1 Å². The number of hydrazone groups is 1. The number of nitro groups is 1. The minimum Gasteiger partial charge on any atom is -0.493 e. The van der Waals surface area contributed by atoms with E-state index in [1.807, 2.05) is 26.0 Å². The van der Waals surface area contributed by atoms with Crippen LogP contribution in [0.25, 0.3) is 0 Å². The zero-order chi connectivity index (χ0) is 25.4. The lowest BCUT2D eigenvalue weighted by Gasteiger charge is -2.10. The number of carbonyl (C=O) groups is 2. The van der Waals surface area contributed by atoms with Crippen LogP contribution in [0.15, 0.2) is 65.8 Å². The van der Waals surface area contributed by atoms with E-state index in [0.29, 0.717) is 11.3 Å². The SMILES string of the molecule is COc1cc(/C=N\NC(=O)COc2cccc(C)c2C)ccc1OC(=O)c1ccc([N+](=O)[O-])cc1. The summed E-state index contributed by atoms with van der Waals surface area (Å²) < 4.78 is 16.2. The molecule has 0 fully saturated rings. The largest absolute Gasteiger partial charge is 0.493 e. The number of hydrogen-bond donors (Lipinski definition) is 1. The molecular formula is C25H23N3O7. The Bertz CT molecular complexity index is 1270. The summed E-state index contributed by atoms with van der Waals surface area (Å²) in [7, 11) is 1.41. The van der Waals surface area contributed by atoms with Crippen LogP contribution in [0.1, 0.15) is 27.0 Å². The number of hydrogen-bond acceptors (Lipinski definition) is 8. The van der Waals surface area contributed by atoms with Crippen molar-refractivity contribution in [3.63, 3.8) is 0 Å². The molecule has 35 heavy (non-hydrogen) atoms. The number of non-ortho nitro benzene ring substituents is 1. The standard InChI is InChI=1S/C25H23N3O7/c1-16-5-4-6-21(17(16)2)34-15-24(29)27-26-14-18-7-12-22(23(13-18)33-3)35-25(30)19-8-10-20(11-9-19)28(31)32/h4-14H,15H2,1-3H3,(H,27,29)/b26-14-. The van der Waals surface area contributed by atoms with Gasteiger partial charge >= 0.3 is 5.97 Å². The molecule has 0 bridgehead atoms. The topological polar surface area (TPSA) is 129 Å². The van der Waals surface area contributed by atoms with E-state index in [1.54, 1.807) is 18.2 Å². The molecule has 0 radical (unpaired) electrons. The highest BCUT2D eigenvalue weighted by molar-refractivity contribution is 5.92. The lowest BCUT2D eigenvalue weighted by Crippen LogP contribution is -2.24. The normalized spacial score (nSPS) is 10.6. The van der Waals surface area contributed by atoms with Crippen LogP contribution in [0.5, 0.6) is 17.2 Å². The molecule has 1 N–H and O–H groups in total. The van der Waals surface area contributed by atoms with Crippen LogP contribution in [0.4, 0.5) is 5.69 Å². The summed E-state index contributed by atoms with van der Waals surface area (Å²) in [5.74, 6) is -0.0843. The van der Waals surface area contributed by atoms with Crippen LogP contribution >= 0.6 is 0 Å². The summed E-state index contributed by atoms with van der Waals surface area (Å²) in [5.41, 5.74) is 5.01. The number of amides is 1. The number of aryl methyl sites for hydroxylation is 1. The van der Waals surface area contributed by atoms with E-state index in [-0.39, 0.29) is 29.4 Å². The second kappa shape index (κ2) is 11.4. The Balaban J connectivity index is 1.58. The van der Waals surface area contributed by atoms with Gasteiger partial charge in [-0.05, 0) is 66.9 Å². The molecule has 0 unspecified atom stereocenters. The Labute approximate surface area is 201 Å². The van der Waals surface area contributed by atoms with E-state index in [1.165, 1.54) is 43.7 Å². The second-order valence-corrected chi connectivity index (χ2v) is 7.38. The summed E-state index contributed by atoms with van der Waals surface area (Å²) in [6.07, 6.45) is 1.40. The number of carbonyl (C=O) groups excluding carboxylic acids is 2. The molecule has 3 rings (SSSR count). The van der Waals surface area contributed by atoms with E-state index in [2.05, 4.69) is 10.5 Å². The van der Waals surface area contributed by atoms with Gasteiger partial charge in [0.1, 0.15) is 5.75 Å². The van der Waals surface area contributed by atoms with E-state index >= 15 is 0 Å². The number of methoxy groups -OCH3 is 1. The molecule has 10 nitrogen and oxygen atoms in total. The Hall–Kier alpha value is -4.73. The summed E-state index contributed by atoms with van der Waals surface area (Å²) in [5, 5.41) is 14.7. The summed E-state index contributed by atoms with van der Waals surface area (Å²) in [6, 6.07) is 15.3. The molecular weight excluding hydrogens is 454 g/mol. The molecule has 0 aliphatic heterocycles. The zero-order valence-corrected chi connectivity index (χ0v) is 19.3. The first-order valence-corrected chi connectivity index (χ1v) is 10.4. The Morgan fingerprint density at radius 3 is 2.46 bits per heavy atom. The maximum absolute atomic E-state index is 12.4. The predicted octanol–water partition coefficient (Wildman–Crippen LogP) is 3.97.